The van der Waals surface area contributed by atoms with Crippen molar-refractivity contribution in [3.63, 3.8) is 0 Å². The number of amides is 2. The first kappa shape index (κ1) is 16.6. The third kappa shape index (κ3) is 4.60. The van der Waals surface area contributed by atoms with Crippen LogP contribution in [-0.2, 0) is 16.0 Å². The maximum Gasteiger partial charge on any atom is 0.233 e. The third-order valence-electron chi connectivity index (χ3n) is 3.20. The molecule has 4 nitrogen and oxygen atoms in total. The minimum atomic E-state index is -1.07. The zero-order chi connectivity index (χ0) is 16.8. The monoisotopic (exact) mass is 318 g/mol. The van der Waals surface area contributed by atoms with Crippen molar-refractivity contribution >= 4 is 23.2 Å². The Balaban J connectivity index is 1.94. The second-order valence-electron chi connectivity index (χ2n) is 4.91. The molecule has 0 heterocycles. The lowest BCUT2D eigenvalue weighted by Gasteiger charge is -2.10. The van der Waals surface area contributed by atoms with E-state index in [0.717, 1.165) is 24.1 Å². The normalized spacial score (nSPS) is 10.2. The van der Waals surface area contributed by atoms with E-state index in [4.69, 9.17) is 0 Å². The molecule has 2 amide bonds. The van der Waals surface area contributed by atoms with Crippen LogP contribution in [0.2, 0.25) is 0 Å². The fourth-order valence-corrected chi connectivity index (χ4v) is 2.07. The smallest absolute Gasteiger partial charge is 0.233 e. The van der Waals surface area contributed by atoms with Gasteiger partial charge < -0.3 is 10.6 Å². The molecule has 120 valence electrons. The maximum absolute atomic E-state index is 13.1. The predicted octanol–water partition coefficient (Wildman–Crippen LogP) is 3.49. The molecule has 2 N–H and O–H groups in total. The summed E-state index contributed by atoms with van der Waals surface area (Å²) in [6.07, 6.45) is 0.328. The van der Waals surface area contributed by atoms with Crippen LogP contribution in [0.25, 0.3) is 0 Å². The number of aryl methyl sites for hydroxylation is 1. The van der Waals surface area contributed by atoms with Gasteiger partial charge in [-0.2, -0.15) is 0 Å². The highest BCUT2D eigenvalue weighted by atomic mass is 19.2. The van der Waals surface area contributed by atoms with Gasteiger partial charge in [-0.1, -0.05) is 25.1 Å². The van der Waals surface area contributed by atoms with Crippen LogP contribution < -0.4 is 10.6 Å². The van der Waals surface area contributed by atoms with Gasteiger partial charge in [0.1, 0.15) is 6.42 Å². The molecule has 0 unspecified atom stereocenters. The molecule has 0 aromatic heterocycles. The lowest BCUT2D eigenvalue weighted by Crippen LogP contribution is -2.22. The number of anilines is 2. The molecule has 0 fully saturated rings. The molecule has 0 saturated carbocycles. The second kappa shape index (κ2) is 7.49. The van der Waals surface area contributed by atoms with Crippen molar-refractivity contribution in [2.24, 2.45) is 0 Å². The van der Waals surface area contributed by atoms with Crippen molar-refractivity contribution in [3.8, 4) is 0 Å². The standard InChI is InChI=1S/C17H16F2N2O2/c1-2-11-5-3-4-6-15(11)21-17(23)10-16(22)20-12-7-8-13(18)14(19)9-12/h3-9H,2,10H2,1H3,(H,20,22)(H,21,23). The maximum atomic E-state index is 13.1. The molecule has 23 heavy (non-hydrogen) atoms. The molecule has 0 bridgehead atoms. The van der Waals surface area contributed by atoms with E-state index in [-0.39, 0.29) is 5.69 Å². The summed E-state index contributed by atoms with van der Waals surface area (Å²) in [7, 11) is 0. The van der Waals surface area contributed by atoms with E-state index >= 15 is 0 Å². The van der Waals surface area contributed by atoms with Crippen molar-refractivity contribution in [1.29, 1.82) is 0 Å². The Morgan fingerprint density at radius 2 is 1.65 bits per heavy atom. The third-order valence-corrected chi connectivity index (χ3v) is 3.20. The number of hydrogen-bond acceptors (Lipinski definition) is 2. The van der Waals surface area contributed by atoms with E-state index in [0.29, 0.717) is 5.69 Å². The zero-order valence-electron chi connectivity index (χ0n) is 12.5. The van der Waals surface area contributed by atoms with E-state index in [1.165, 1.54) is 6.07 Å². The van der Waals surface area contributed by atoms with Crippen LogP contribution in [0, 0.1) is 11.6 Å². The van der Waals surface area contributed by atoms with Gasteiger partial charge in [0, 0.05) is 17.4 Å². The van der Waals surface area contributed by atoms with Gasteiger partial charge in [0.05, 0.1) is 0 Å². The van der Waals surface area contributed by atoms with Crippen molar-refractivity contribution in [2.45, 2.75) is 19.8 Å². The molecule has 2 rings (SSSR count). The van der Waals surface area contributed by atoms with Crippen molar-refractivity contribution in [1.82, 2.24) is 0 Å². The first-order valence-electron chi connectivity index (χ1n) is 7.12. The highest BCUT2D eigenvalue weighted by Gasteiger charge is 2.12. The van der Waals surface area contributed by atoms with Crippen LogP contribution in [0.3, 0.4) is 0 Å². The fourth-order valence-electron chi connectivity index (χ4n) is 2.07. The molecular weight excluding hydrogens is 302 g/mol. The molecular formula is C17H16F2N2O2. The van der Waals surface area contributed by atoms with E-state index in [2.05, 4.69) is 10.6 Å². The van der Waals surface area contributed by atoms with Gasteiger partial charge in [-0.05, 0) is 30.2 Å². The summed E-state index contributed by atoms with van der Waals surface area (Å²) >= 11 is 0. The zero-order valence-corrected chi connectivity index (χ0v) is 12.5. The van der Waals surface area contributed by atoms with Gasteiger partial charge in [-0.3, -0.25) is 9.59 Å². The Kier molecular flexibility index (Phi) is 5.41. The summed E-state index contributed by atoms with van der Waals surface area (Å²) in [6.45, 7) is 1.96. The fraction of sp³-hybridized carbons (Fsp3) is 0.176. The lowest BCUT2D eigenvalue weighted by molar-refractivity contribution is -0.123. The number of halogens is 2. The lowest BCUT2D eigenvalue weighted by atomic mass is 10.1. The van der Waals surface area contributed by atoms with Gasteiger partial charge in [-0.15, -0.1) is 0 Å². The Morgan fingerprint density at radius 1 is 0.957 bits per heavy atom. The highest BCUT2D eigenvalue weighted by Crippen LogP contribution is 2.16. The summed E-state index contributed by atoms with van der Waals surface area (Å²) in [5.74, 6) is -3.16. The minimum absolute atomic E-state index is 0.0932. The van der Waals surface area contributed by atoms with E-state index in [9.17, 15) is 18.4 Å². The number of hydrogen-bond donors (Lipinski definition) is 2. The quantitative estimate of drug-likeness (QED) is 0.829. The average Bonchev–Trinajstić information content (AvgIpc) is 2.51. The van der Waals surface area contributed by atoms with E-state index < -0.39 is 29.9 Å². The van der Waals surface area contributed by atoms with Gasteiger partial charge in [0.15, 0.2) is 11.6 Å². The predicted molar refractivity (Wildman–Crippen MR) is 84.1 cm³/mol. The van der Waals surface area contributed by atoms with Crippen LogP contribution in [0.5, 0.6) is 0 Å². The molecule has 0 atom stereocenters. The Morgan fingerprint density at radius 3 is 2.35 bits per heavy atom. The largest absolute Gasteiger partial charge is 0.326 e. The van der Waals surface area contributed by atoms with Crippen LogP contribution in [0.1, 0.15) is 18.9 Å². The van der Waals surface area contributed by atoms with Crippen LogP contribution in [-0.4, -0.2) is 11.8 Å². The van der Waals surface area contributed by atoms with Crippen LogP contribution in [0.15, 0.2) is 42.5 Å². The molecule has 0 radical (unpaired) electrons. The van der Waals surface area contributed by atoms with Crippen molar-refractivity contribution < 1.29 is 18.4 Å². The summed E-state index contributed by atoms with van der Waals surface area (Å²) in [4.78, 5) is 23.7. The summed E-state index contributed by atoms with van der Waals surface area (Å²) < 4.78 is 25.9. The van der Waals surface area contributed by atoms with Gasteiger partial charge in [0.2, 0.25) is 11.8 Å². The van der Waals surface area contributed by atoms with E-state index in [1.54, 1.807) is 12.1 Å². The number of carbonyl (C=O) groups excluding carboxylic acids is 2. The van der Waals surface area contributed by atoms with Crippen molar-refractivity contribution in [3.05, 3.63) is 59.7 Å². The Labute approximate surface area is 132 Å². The SMILES string of the molecule is CCc1ccccc1NC(=O)CC(=O)Nc1ccc(F)c(F)c1. The molecule has 0 aliphatic carbocycles. The molecule has 0 spiro atoms. The van der Waals surface area contributed by atoms with Crippen LogP contribution >= 0.6 is 0 Å². The summed E-state index contributed by atoms with van der Waals surface area (Å²) in [5, 5.41) is 5.01. The Hall–Kier alpha value is -2.76. The number of nitrogens with one attached hydrogen (secondary N) is 2. The minimum Gasteiger partial charge on any atom is -0.326 e. The highest BCUT2D eigenvalue weighted by molar-refractivity contribution is 6.08. The summed E-state index contributed by atoms with van der Waals surface area (Å²) in [6, 6.07) is 10.3. The molecule has 2 aromatic carbocycles. The van der Waals surface area contributed by atoms with Gasteiger partial charge in [-0.25, -0.2) is 8.78 Å². The van der Waals surface area contributed by atoms with Gasteiger partial charge in [0.25, 0.3) is 0 Å². The number of rotatable bonds is 5. The number of carbonyl (C=O) groups is 2. The van der Waals surface area contributed by atoms with Crippen molar-refractivity contribution in [2.75, 3.05) is 10.6 Å². The first-order chi connectivity index (χ1) is 11.0. The summed E-state index contributed by atoms with van der Waals surface area (Å²) in [5.41, 5.74) is 1.71. The molecule has 0 aliphatic heterocycles. The average molecular weight is 318 g/mol. The number of para-hydroxylation sites is 1. The topological polar surface area (TPSA) is 58.2 Å². The second-order valence-corrected chi connectivity index (χ2v) is 4.91. The van der Waals surface area contributed by atoms with E-state index in [1.807, 2.05) is 19.1 Å². The molecule has 2 aromatic rings. The molecule has 6 heteroatoms. The first-order valence-corrected chi connectivity index (χ1v) is 7.12. The number of benzene rings is 2. The Bertz CT molecular complexity index is 732. The molecule has 0 saturated heterocycles. The van der Waals surface area contributed by atoms with Crippen LogP contribution in [0.4, 0.5) is 20.2 Å². The molecule has 0 aliphatic rings. The van der Waals surface area contributed by atoms with Gasteiger partial charge >= 0.3 is 0 Å².